The Morgan fingerprint density at radius 3 is 2.92 bits per heavy atom. The second-order valence-electron chi connectivity index (χ2n) is 6.33. The zero-order valence-electron chi connectivity index (χ0n) is 14.3. The first-order valence-electron chi connectivity index (χ1n) is 8.72. The SMILES string of the molecule is OCCOC1CCCN(c2ncnc3cc(-c4ccc(Cl)cc4)sc23)C1. The number of aliphatic hydroxyl groups is 1. The maximum Gasteiger partial charge on any atom is 0.150 e. The van der Waals surface area contributed by atoms with Crippen LogP contribution in [0.1, 0.15) is 12.8 Å². The average molecular weight is 390 g/mol. The molecule has 0 amide bonds. The molecule has 1 N–H and O–H groups in total. The summed E-state index contributed by atoms with van der Waals surface area (Å²) in [6.07, 6.45) is 3.84. The molecule has 1 unspecified atom stereocenters. The molecule has 3 heterocycles. The van der Waals surface area contributed by atoms with Crippen molar-refractivity contribution in [1.29, 1.82) is 0 Å². The summed E-state index contributed by atoms with van der Waals surface area (Å²) in [5.74, 6) is 0.970. The maximum atomic E-state index is 8.98. The molecule has 136 valence electrons. The van der Waals surface area contributed by atoms with Crippen molar-refractivity contribution in [2.75, 3.05) is 31.2 Å². The summed E-state index contributed by atoms with van der Waals surface area (Å²) in [6.45, 7) is 2.20. The minimum absolute atomic E-state index is 0.0592. The largest absolute Gasteiger partial charge is 0.394 e. The highest BCUT2D eigenvalue weighted by molar-refractivity contribution is 7.22. The number of aromatic nitrogens is 2. The van der Waals surface area contributed by atoms with Crippen LogP contribution >= 0.6 is 22.9 Å². The first kappa shape index (κ1) is 17.7. The molecule has 3 aromatic rings. The van der Waals surface area contributed by atoms with Crippen LogP contribution in [0.25, 0.3) is 20.7 Å². The molecule has 0 spiro atoms. The van der Waals surface area contributed by atoms with Gasteiger partial charge < -0.3 is 14.7 Å². The van der Waals surface area contributed by atoms with Gasteiger partial charge in [0.05, 0.1) is 29.5 Å². The van der Waals surface area contributed by atoms with E-state index >= 15 is 0 Å². The number of aliphatic hydroxyl groups excluding tert-OH is 1. The number of thiophene rings is 1. The third-order valence-electron chi connectivity index (χ3n) is 4.54. The van der Waals surface area contributed by atoms with Crippen LogP contribution in [0.15, 0.2) is 36.7 Å². The Morgan fingerprint density at radius 2 is 2.12 bits per heavy atom. The smallest absolute Gasteiger partial charge is 0.150 e. The van der Waals surface area contributed by atoms with Gasteiger partial charge in [-0.05, 0) is 36.6 Å². The molecule has 1 aromatic carbocycles. The topological polar surface area (TPSA) is 58.5 Å². The van der Waals surface area contributed by atoms with E-state index in [9.17, 15) is 0 Å². The first-order valence-corrected chi connectivity index (χ1v) is 9.92. The van der Waals surface area contributed by atoms with E-state index in [4.69, 9.17) is 21.4 Å². The fourth-order valence-corrected chi connectivity index (χ4v) is 4.57. The second-order valence-corrected chi connectivity index (χ2v) is 7.82. The molecule has 26 heavy (non-hydrogen) atoms. The van der Waals surface area contributed by atoms with E-state index < -0.39 is 0 Å². The van der Waals surface area contributed by atoms with Crippen LogP contribution in [0.5, 0.6) is 0 Å². The van der Waals surface area contributed by atoms with Gasteiger partial charge in [-0.15, -0.1) is 11.3 Å². The second kappa shape index (κ2) is 7.88. The third-order valence-corrected chi connectivity index (χ3v) is 5.96. The van der Waals surface area contributed by atoms with Crippen LogP contribution < -0.4 is 4.90 Å². The van der Waals surface area contributed by atoms with Gasteiger partial charge >= 0.3 is 0 Å². The van der Waals surface area contributed by atoms with Gasteiger partial charge in [0, 0.05) is 23.0 Å². The van der Waals surface area contributed by atoms with E-state index in [1.807, 2.05) is 24.3 Å². The van der Waals surface area contributed by atoms with Gasteiger partial charge in [-0.2, -0.15) is 0 Å². The summed E-state index contributed by atoms with van der Waals surface area (Å²) in [4.78, 5) is 12.4. The fourth-order valence-electron chi connectivity index (χ4n) is 3.31. The van der Waals surface area contributed by atoms with Gasteiger partial charge in [0.1, 0.15) is 12.1 Å². The molecular weight excluding hydrogens is 370 g/mol. The van der Waals surface area contributed by atoms with Crippen molar-refractivity contribution in [3.8, 4) is 10.4 Å². The van der Waals surface area contributed by atoms with Crippen molar-refractivity contribution in [3.63, 3.8) is 0 Å². The molecule has 5 nitrogen and oxygen atoms in total. The molecule has 1 fully saturated rings. The summed E-state index contributed by atoms with van der Waals surface area (Å²) < 4.78 is 6.83. The minimum atomic E-state index is 0.0592. The molecule has 0 saturated carbocycles. The standard InChI is InChI=1S/C19H20ClN3O2S/c20-14-5-3-13(4-6-14)17-10-16-18(26-17)19(22-12-21-16)23-7-1-2-15(11-23)25-9-8-24/h3-6,10,12,15,24H,1-2,7-9,11H2. The maximum absolute atomic E-state index is 8.98. The van der Waals surface area contributed by atoms with Crippen LogP contribution in [-0.2, 0) is 4.74 Å². The molecule has 1 saturated heterocycles. The van der Waals surface area contributed by atoms with Crippen molar-refractivity contribution in [2.45, 2.75) is 18.9 Å². The molecule has 7 heteroatoms. The summed E-state index contributed by atoms with van der Waals surface area (Å²) in [7, 11) is 0. The molecule has 4 rings (SSSR count). The number of hydrogen-bond acceptors (Lipinski definition) is 6. The van der Waals surface area contributed by atoms with Crippen molar-refractivity contribution in [2.24, 2.45) is 0 Å². The number of piperidine rings is 1. The lowest BCUT2D eigenvalue weighted by atomic mass is 10.1. The molecular formula is C19H20ClN3O2S. The van der Waals surface area contributed by atoms with E-state index in [0.29, 0.717) is 6.61 Å². The number of rotatable bonds is 5. The Kier molecular flexibility index (Phi) is 5.36. The predicted molar refractivity (Wildman–Crippen MR) is 106 cm³/mol. The highest BCUT2D eigenvalue weighted by atomic mass is 35.5. The van der Waals surface area contributed by atoms with Gasteiger partial charge in [0.2, 0.25) is 0 Å². The Morgan fingerprint density at radius 1 is 1.27 bits per heavy atom. The van der Waals surface area contributed by atoms with Gasteiger partial charge in [-0.3, -0.25) is 0 Å². The quantitative estimate of drug-likeness (QED) is 0.715. The zero-order chi connectivity index (χ0) is 17.9. The van der Waals surface area contributed by atoms with E-state index in [-0.39, 0.29) is 12.7 Å². The van der Waals surface area contributed by atoms with E-state index in [1.54, 1.807) is 17.7 Å². The summed E-state index contributed by atoms with van der Waals surface area (Å²) in [6, 6.07) is 9.97. The zero-order valence-corrected chi connectivity index (χ0v) is 15.8. The monoisotopic (exact) mass is 389 g/mol. The molecule has 0 radical (unpaired) electrons. The summed E-state index contributed by atoms with van der Waals surface area (Å²) in [5, 5.41) is 9.72. The van der Waals surface area contributed by atoms with Crippen LogP contribution in [0.4, 0.5) is 5.82 Å². The summed E-state index contributed by atoms with van der Waals surface area (Å²) >= 11 is 7.71. The van der Waals surface area contributed by atoms with Gasteiger partial charge in [-0.1, -0.05) is 23.7 Å². The van der Waals surface area contributed by atoms with Gasteiger partial charge in [0.15, 0.2) is 0 Å². The van der Waals surface area contributed by atoms with Crippen LogP contribution in [0.3, 0.4) is 0 Å². The van der Waals surface area contributed by atoms with Crippen LogP contribution in [0.2, 0.25) is 5.02 Å². The molecule has 2 aromatic heterocycles. The van der Waals surface area contributed by atoms with Gasteiger partial charge in [-0.25, -0.2) is 9.97 Å². The van der Waals surface area contributed by atoms with Crippen LogP contribution in [-0.4, -0.2) is 47.5 Å². The highest BCUT2D eigenvalue weighted by Crippen LogP contribution is 2.37. The lowest BCUT2D eigenvalue weighted by Gasteiger charge is -2.33. The number of nitrogens with zero attached hydrogens (tertiary/aromatic N) is 3. The fraction of sp³-hybridized carbons (Fsp3) is 0.368. The number of halogens is 1. The van der Waals surface area contributed by atoms with Gasteiger partial charge in [0.25, 0.3) is 0 Å². The molecule has 1 atom stereocenters. The number of hydrogen-bond donors (Lipinski definition) is 1. The average Bonchev–Trinajstić information content (AvgIpc) is 3.11. The summed E-state index contributed by atoms with van der Waals surface area (Å²) in [5.41, 5.74) is 2.09. The number of ether oxygens (including phenoxy) is 1. The lowest BCUT2D eigenvalue weighted by molar-refractivity contribution is 0.0214. The lowest BCUT2D eigenvalue weighted by Crippen LogP contribution is -2.40. The third kappa shape index (κ3) is 3.69. The molecule has 1 aliphatic heterocycles. The first-order chi connectivity index (χ1) is 12.7. The normalized spacial score (nSPS) is 17.8. The predicted octanol–water partition coefficient (Wildman–Crippen LogP) is 3.99. The van der Waals surface area contributed by atoms with E-state index in [2.05, 4.69) is 20.9 Å². The van der Waals surface area contributed by atoms with Crippen molar-refractivity contribution in [1.82, 2.24) is 9.97 Å². The molecule has 0 aliphatic carbocycles. The van der Waals surface area contributed by atoms with Crippen molar-refractivity contribution < 1.29 is 9.84 Å². The van der Waals surface area contributed by atoms with Crippen molar-refractivity contribution in [3.05, 3.63) is 41.7 Å². The highest BCUT2D eigenvalue weighted by Gasteiger charge is 2.23. The Bertz CT molecular complexity index is 884. The number of benzene rings is 1. The minimum Gasteiger partial charge on any atom is -0.394 e. The van der Waals surface area contributed by atoms with E-state index in [0.717, 1.165) is 57.4 Å². The Labute approximate surface area is 161 Å². The molecule has 0 bridgehead atoms. The Balaban J connectivity index is 1.64. The van der Waals surface area contributed by atoms with Crippen molar-refractivity contribution >= 4 is 39.0 Å². The van der Waals surface area contributed by atoms with E-state index in [1.165, 1.54) is 0 Å². The number of fused-ring (bicyclic) bond motifs is 1. The van der Waals surface area contributed by atoms with Crippen LogP contribution in [0, 0.1) is 0 Å². The molecule has 1 aliphatic rings. The Hall–Kier alpha value is -1.73. The number of anilines is 1.